The van der Waals surface area contributed by atoms with Gasteiger partial charge in [0.15, 0.2) is 4.67 Å². The number of aliphatic carboxylic acids is 1. The maximum atomic E-state index is 11.8. The number of carbonyl (C=O) groups is 2. The summed E-state index contributed by atoms with van der Waals surface area (Å²) in [5.74, 6) is -0.587. The number of hydrogen-bond acceptors (Lipinski definition) is 3. The number of carboxylic acids is 1. The summed E-state index contributed by atoms with van der Waals surface area (Å²) in [4.78, 5) is 23.7. The normalized spacial score (nSPS) is 10.8. The Kier molecular flexibility index (Phi) is 5.64. The molecule has 0 saturated heterocycles. The first-order valence-electron chi connectivity index (χ1n) is 5.47. The zero-order chi connectivity index (χ0) is 13.5. The van der Waals surface area contributed by atoms with Gasteiger partial charge in [0, 0.05) is 19.2 Å². The fourth-order valence-electron chi connectivity index (χ4n) is 1.33. The Morgan fingerprint density at radius 3 is 2.72 bits per heavy atom. The van der Waals surface area contributed by atoms with Crippen molar-refractivity contribution < 1.29 is 19.1 Å². The largest absolute Gasteiger partial charge is 0.481 e. The molecule has 0 aliphatic carbocycles. The highest BCUT2D eigenvalue weighted by atomic mass is 79.9. The van der Waals surface area contributed by atoms with Crippen molar-refractivity contribution in [3.8, 4) is 0 Å². The molecule has 0 saturated carbocycles. The molecule has 1 aromatic heterocycles. The lowest BCUT2D eigenvalue weighted by molar-refractivity contribution is -0.137. The third-order valence-corrected chi connectivity index (χ3v) is 2.70. The van der Waals surface area contributed by atoms with Gasteiger partial charge in [0.2, 0.25) is 5.91 Å². The van der Waals surface area contributed by atoms with Gasteiger partial charge in [-0.05, 0) is 41.1 Å². The van der Waals surface area contributed by atoms with Crippen molar-refractivity contribution >= 4 is 33.9 Å². The van der Waals surface area contributed by atoms with Crippen LogP contribution in [0, 0.1) is 0 Å². The molecule has 0 spiro atoms. The number of furan rings is 1. The van der Waals surface area contributed by atoms with Crippen LogP contribution in [-0.4, -0.2) is 35.0 Å². The monoisotopic (exact) mass is 315 g/mol. The van der Waals surface area contributed by atoms with Crippen LogP contribution in [0.5, 0.6) is 0 Å². The Labute approximate surface area is 113 Å². The Bertz CT molecular complexity index is 453. The van der Waals surface area contributed by atoms with Crippen LogP contribution in [0.25, 0.3) is 6.08 Å². The fourth-order valence-corrected chi connectivity index (χ4v) is 1.65. The number of halogens is 1. The van der Waals surface area contributed by atoms with Crippen molar-refractivity contribution in [1.82, 2.24) is 4.90 Å². The van der Waals surface area contributed by atoms with Crippen LogP contribution < -0.4 is 0 Å². The second-order valence-corrected chi connectivity index (χ2v) is 4.32. The molecule has 98 valence electrons. The summed E-state index contributed by atoms with van der Waals surface area (Å²) < 4.78 is 5.80. The summed E-state index contributed by atoms with van der Waals surface area (Å²) in [6.45, 7) is 2.48. The first kappa shape index (κ1) is 14.5. The van der Waals surface area contributed by atoms with Crippen LogP contribution in [0.1, 0.15) is 19.1 Å². The number of carbonyl (C=O) groups excluding carboxylic acids is 1. The van der Waals surface area contributed by atoms with Crippen LogP contribution >= 0.6 is 15.9 Å². The standard InChI is InChI=1S/C12H14BrNO4/c1-2-14(8-7-12(16)17)11(15)6-4-9-3-5-10(13)18-9/h3-6H,2,7-8H2,1H3,(H,16,17)/b6-4+. The van der Waals surface area contributed by atoms with E-state index in [2.05, 4.69) is 15.9 Å². The Morgan fingerprint density at radius 2 is 2.22 bits per heavy atom. The third kappa shape index (κ3) is 4.75. The zero-order valence-electron chi connectivity index (χ0n) is 9.93. The molecule has 1 amide bonds. The number of nitrogens with zero attached hydrogens (tertiary/aromatic N) is 1. The molecule has 0 atom stereocenters. The lowest BCUT2D eigenvalue weighted by Crippen LogP contribution is -2.31. The van der Waals surface area contributed by atoms with E-state index in [1.807, 2.05) is 0 Å². The number of hydrogen-bond donors (Lipinski definition) is 1. The van der Waals surface area contributed by atoms with E-state index in [0.29, 0.717) is 17.0 Å². The third-order valence-electron chi connectivity index (χ3n) is 2.27. The quantitative estimate of drug-likeness (QED) is 0.818. The van der Waals surface area contributed by atoms with Gasteiger partial charge in [-0.2, -0.15) is 0 Å². The zero-order valence-corrected chi connectivity index (χ0v) is 11.5. The Hall–Kier alpha value is -1.56. The van der Waals surface area contributed by atoms with E-state index in [9.17, 15) is 9.59 Å². The van der Waals surface area contributed by atoms with Gasteiger partial charge in [0.05, 0.1) is 6.42 Å². The number of carboxylic acid groups (broad SMARTS) is 1. The lowest BCUT2D eigenvalue weighted by atomic mass is 10.3. The minimum Gasteiger partial charge on any atom is -0.481 e. The van der Waals surface area contributed by atoms with E-state index in [-0.39, 0.29) is 18.9 Å². The summed E-state index contributed by atoms with van der Waals surface area (Å²) in [5.41, 5.74) is 0. The number of likely N-dealkylation sites (N-methyl/N-ethyl adjacent to an activating group) is 1. The van der Waals surface area contributed by atoms with Crippen molar-refractivity contribution in [3.63, 3.8) is 0 Å². The number of rotatable bonds is 6. The average molecular weight is 316 g/mol. The smallest absolute Gasteiger partial charge is 0.305 e. The number of amides is 1. The summed E-state index contributed by atoms with van der Waals surface area (Å²) in [6.07, 6.45) is 2.87. The minimum atomic E-state index is -0.916. The minimum absolute atomic E-state index is 0.0558. The van der Waals surface area contributed by atoms with Gasteiger partial charge < -0.3 is 14.4 Å². The van der Waals surface area contributed by atoms with E-state index in [1.54, 1.807) is 25.1 Å². The molecular formula is C12H14BrNO4. The molecule has 1 heterocycles. The topological polar surface area (TPSA) is 70.8 Å². The molecule has 0 bridgehead atoms. The maximum absolute atomic E-state index is 11.8. The van der Waals surface area contributed by atoms with E-state index in [4.69, 9.17) is 9.52 Å². The van der Waals surface area contributed by atoms with E-state index >= 15 is 0 Å². The second-order valence-electron chi connectivity index (χ2n) is 3.54. The maximum Gasteiger partial charge on any atom is 0.305 e. The molecule has 1 aromatic rings. The molecule has 0 aliphatic rings. The highest BCUT2D eigenvalue weighted by Crippen LogP contribution is 2.15. The molecule has 1 N–H and O–H groups in total. The molecule has 6 heteroatoms. The molecule has 5 nitrogen and oxygen atoms in total. The molecule has 18 heavy (non-hydrogen) atoms. The Morgan fingerprint density at radius 1 is 1.50 bits per heavy atom. The van der Waals surface area contributed by atoms with Crippen molar-refractivity contribution in [2.24, 2.45) is 0 Å². The van der Waals surface area contributed by atoms with Crippen LogP contribution in [-0.2, 0) is 9.59 Å². The molecule has 0 radical (unpaired) electrons. The van der Waals surface area contributed by atoms with Gasteiger partial charge in [-0.25, -0.2) is 0 Å². The van der Waals surface area contributed by atoms with Crippen LogP contribution in [0.4, 0.5) is 0 Å². The predicted octanol–water partition coefficient (Wildman–Crippen LogP) is 2.38. The van der Waals surface area contributed by atoms with E-state index in [0.717, 1.165) is 0 Å². The summed E-state index contributed by atoms with van der Waals surface area (Å²) in [5, 5.41) is 8.57. The molecule has 0 aliphatic heterocycles. The van der Waals surface area contributed by atoms with Gasteiger partial charge in [0.1, 0.15) is 5.76 Å². The van der Waals surface area contributed by atoms with Crippen LogP contribution in [0.2, 0.25) is 0 Å². The first-order chi connectivity index (χ1) is 8.52. The molecule has 1 rings (SSSR count). The Balaban J connectivity index is 2.56. The fraction of sp³-hybridized carbons (Fsp3) is 0.333. The lowest BCUT2D eigenvalue weighted by Gasteiger charge is -2.17. The van der Waals surface area contributed by atoms with Crippen molar-refractivity contribution in [3.05, 3.63) is 28.6 Å². The highest BCUT2D eigenvalue weighted by Gasteiger charge is 2.10. The summed E-state index contributed by atoms with van der Waals surface area (Å²) in [6, 6.07) is 3.45. The second kappa shape index (κ2) is 7.00. The van der Waals surface area contributed by atoms with Crippen LogP contribution in [0.15, 0.2) is 27.3 Å². The van der Waals surface area contributed by atoms with Gasteiger partial charge in [-0.3, -0.25) is 9.59 Å². The van der Waals surface area contributed by atoms with Gasteiger partial charge in [-0.1, -0.05) is 0 Å². The predicted molar refractivity (Wildman–Crippen MR) is 69.9 cm³/mol. The van der Waals surface area contributed by atoms with Gasteiger partial charge in [-0.15, -0.1) is 0 Å². The molecule has 0 unspecified atom stereocenters. The van der Waals surface area contributed by atoms with Crippen molar-refractivity contribution in [1.29, 1.82) is 0 Å². The van der Waals surface area contributed by atoms with Crippen molar-refractivity contribution in [2.75, 3.05) is 13.1 Å². The molecule has 0 fully saturated rings. The SMILES string of the molecule is CCN(CCC(=O)O)C(=O)/C=C/c1ccc(Br)o1. The first-order valence-corrected chi connectivity index (χ1v) is 6.26. The summed E-state index contributed by atoms with van der Waals surface area (Å²) >= 11 is 3.16. The van der Waals surface area contributed by atoms with Crippen molar-refractivity contribution in [2.45, 2.75) is 13.3 Å². The van der Waals surface area contributed by atoms with Gasteiger partial charge in [0.25, 0.3) is 0 Å². The summed E-state index contributed by atoms with van der Waals surface area (Å²) in [7, 11) is 0. The van der Waals surface area contributed by atoms with E-state index in [1.165, 1.54) is 11.0 Å². The highest BCUT2D eigenvalue weighted by molar-refractivity contribution is 9.10. The van der Waals surface area contributed by atoms with Crippen LogP contribution in [0.3, 0.4) is 0 Å². The average Bonchev–Trinajstić information content (AvgIpc) is 2.73. The van der Waals surface area contributed by atoms with E-state index < -0.39 is 5.97 Å². The molecule has 0 aromatic carbocycles. The molecular weight excluding hydrogens is 302 g/mol. The van der Waals surface area contributed by atoms with Gasteiger partial charge >= 0.3 is 5.97 Å².